The molecule has 0 N–H and O–H groups in total. The van der Waals surface area contributed by atoms with Crippen molar-refractivity contribution in [3.8, 4) is 0 Å². The Kier molecular flexibility index (Phi) is 3.69. The molecule has 0 atom stereocenters. The molecule has 0 fully saturated rings. The van der Waals surface area contributed by atoms with Crippen LogP contribution >= 0.6 is 27.5 Å². The average Bonchev–Trinajstić information content (AvgIpc) is 2.11. The van der Waals surface area contributed by atoms with Gasteiger partial charge in [0.15, 0.2) is 0 Å². The van der Waals surface area contributed by atoms with Gasteiger partial charge >= 0.3 is 5.97 Å². The van der Waals surface area contributed by atoms with Crippen LogP contribution in [0.2, 0.25) is 5.15 Å². The normalized spacial score (nSPS) is 9.77. The number of hydrogen-bond donors (Lipinski definition) is 0. The lowest BCUT2D eigenvalue weighted by Crippen LogP contribution is -2.04. The molecule has 0 aliphatic rings. The van der Waals surface area contributed by atoms with E-state index < -0.39 is 0 Å². The third kappa shape index (κ3) is 2.97. The molecular formula is C8H7BrClNO2. The van der Waals surface area contributed by atoms with Gasteiger partial charge in [-0.05, 0) is 27.6 Å². The van der Waals surface area contributed by atoms with Gasteiger partial charge in [0.2, 0.25) is 0 Å². The number of esters is 1. The summed E-state index contributed by atoms with van der Waals surface area (Å²) < 4.78 is 5.19. The van der Waals surface area contributed by atoms with E-state index in [2.05, 4.69) is 25.7 Å². The molecule has 0 saturated carbocycles. The first-order valence-electron chi connectivity index (χ1n) is 3.50. The van der Waals surface area contributed by atoms with E-state index in [1.54, 1.807) is 12.3 Å². The van der Waals surface area contributed by atoms with Crippen molar-refractivity contribution in [1.82, 2.24) is 4.98 Å². The zero-order chi connectivity index (χ0) is 9.84. The summed E-state index contributed by atoms with van der Waals surface area (Å²) in [6.07, 6.45) is 1.75. The Labute approximate surface area is 89.2 Å². The van der Waals surface area contributed by atoms with Crippen LogP contribution in [0.15, 0.2) is 16.7 Å². The summed E-state index contributed by atoms with van der Waals surface area (Å²) >= 11 is 8.89. The van der Waals surface area contributed by atoms with Crippen LogP contribution in [0, 0.1) is 0 Å². The van der Waals surface area contributed by atoms with Crippen molar-refractivity contribution in [3.05, 3.63) is 27.5 Å². The van der Waals surface area contributed by atoms with Crippen molar-refractivity contribution in [2.75, 3.05) is 7.11 Å². The minimum absolute atomic E-state index is 0.208. The maximum atomic E-state index is 10.9. The quantitative estimate of drug-likeness (QED) is 0.607. The van der Waals surface area contributed by atoms with Crippen LogP contribution in [0.1, 0.15) is 5.56 Å². The first-order valence-corrected chi connectivity index (χ1v) is 4.67. The molecule has 0 bridgehead atoms. The minimum atomic E-state index is -0.295. The molecule has 0 aliphatic carbocycles. The van der Waals surface area contributed by atoms with E-state index in [1.807, 2.05) is 0 Å². The molecule has 0 unspecified atom stereocenters. The van der Waals surface area contributed by atoms with E-state index in [-0.39, 0.29) is 12.4 Å². The van der Waals surface area contributed by atoms with Crippen LogP contribution in [0.4, 0.5) is 0 Å². The van der Waals surface area contributed by atoms with Crippen molar-refractivity contribution in [2.24, 2.45) is 0 Å². The van der Waals surface area contributed by atoms with E-state index >= 15 is 0 Å². The van der Waals surface area contributed by atoms with Crippen molar-refractivity contribution in [3.63, 3.8) is 0 Å². The van der Waals surface area contributed by atoms with Crippen LogP contribution in [0.3, 0.4) is 0 Å². The molecule has 0 spiro atoms. The molecule has 0 aromatic carbocycles. The smallest absolute Gasteiger partial charge is 0.310 e. The van der Waals surface area contributed by atoms with Gasteiger partial charge in [-0.1, -0.05) is 11.6 Å². The van der Waals surface area contributed by atoms with Gasteiger partial charge in [0.1, 0.15) is 5.15 Å². The Hall–Kier alpha value is -0.610. The van der Waals surface area contributed by atoms with Crippen LogP contribution < -0.4 is 0 Å². The predicted octanol–water partition coefficient (Wildman–Crippen LogP) is 2.21. The Bertz CT molecular complexity index is 330. The van der Waals surface area contributed by atoms with E-state index in [4.69, 9.17) is 11.6 Å². The second-order valence-corrected chi connectivity index (χ2v) is 3.58. The van der Waals surface area contributed by atoms with Crippen LogP contribution in [0.25, 0.3) is 0 Å². The SMILES string of the molecule is COC(=O)Cc1cnc(Cl)c(Br)c1. The monoisotopic (exact) mass is 263 g/mol. The third-order valence-corrected chi connectivity index (χ3v) is 2.56. The second-order valence-electron chi connectivity index (χ2n) is 2.37. The zero-order valence-electron chi connectivity index (χ0n) is 6.88. The molecule has 0 amide bonds. The van der Waals surface area contributed by atoms with Crippen molar-refractivity contribution < 1.29 is 9.53 Å². The number of aromatic nitrogens is 1. The van der Waals surface area contributed by atoms with Gasteiger partial charge in [-0.15, -0.1) is 0 Å². The highest BCUT2D eigenvalue weighted by Crippen LogP contribution is 2.20. The fourth-order valence-corrected chi connectivity index (χ4v) is 1.30. The second kappa shape index (κ2) is 4.58. The first-order chi connectivity index (χ1) is 6.13. The largest absolute Gasteiger partial charge is 0.469 e. The summed E-state index contributed by atoms with van der Waals surface area (Å²) in [5, 5.41) is 0.383. The van der Waals surface area contributed by atoms with Gasteiger partial charge in [0, 0.05) is 6.20 Å². The molecule has 1 heterocycles. The predicted molar refractivity (Wildman–Crippen MR) is 52.7 cm³/mol. The standard InChI is InChI=1S/C8H7BrClNO2/c1-13-7(12)3-5-2-6(9)8(10)11-4-5/h2,4H,3H2,1H3. The number of hydrogen-bond acceptors (Lipinski definition) is 3. The number of methoxy groups -OCH3 is 1. The lowest BCUT2D eigenvalue weighted by atomic mass is 10.2. The third-order valence-electron chi connectivity index (χ3n) is 1.43. The van der Waals surface area contributed by atoms with Crippen molar-refractivity contribution in [1.29, 1.82) is 0 Å². The van der Waals surface area contributed by atoms with Gasteiger partial charge in [0.25, 0.3) is 0 Å². The molecule has 1 rings (SSSR count). The molecule has 1 aromatic heterocycles. The maximum Gasteiger partial charge on any atom is 0.310 e. The van der Waals surface area contributed by atoms with Gasteiger partial charge < -0.3 is 4.74 Å². The molecule has 0 aliphatic heterocycles. The Morgan fingerprint density at radius 2 is 2.46 bits per heavy atom. The van der Waals surface area contributed by atoms with Crippen molar-refractivity contribution >= 4 is 33.5 Å². The van der Waals surface area contributed by atoms with E-state index in [0.717, 1.165) is 5.56 Å². The van der Waals surface area contributed by atoms with Gasteiger partial charge in [-0.3, -0.25) is 4.79 Å². The fourth-order valence-electron chi connectivity index (χ4n) is 0.796. The fraction of sp³-hybridized carbons (Fsp3) is 0.250. The molecule has 0 radical (unpaired) electrons. The maximum absolute atomic E-state index is 10.9. The summed E-state index contributed by atoms with van der Waals surface area (Å²) in [4.78, 5) is 14.8. The highest BCUT2D eigenvalue weighted by Gasteiger charge is 2.05. The van der Waals surface area contributed by atoms with E-state index in [1.165, 1.54) is 7.11 Å². The topological polar surface area (TPSA) is 39.2 Å². The number of carbonyl (C=O) groups excluding carboxylic acids is 1. The number of rotatable bonds is 2. The minimum Gasteiger partial charge on any atom is -0.469 e. The molecular weight excluding hydrogens is 257 g/mol. The summed E-state index contributed by atoms with van der Waals surface area (Å²) in [5.74, 6) is -0.295. The number of ether oxygens (including phenoxy) is 1. The summed E-state index contributed by atoms with van der Waals surface area (Å²) in [5.41, 5.74) is 0.767. The average molecular weight is 265 g/mol. The molecule has 3 nitrogen and oxygen atoms in total. The highest BCUT2D eigenvalue weighted by molar-refractivity contribution is 9.10. The Morgan fingerprint density at radius 3 is 3.00 bits per heavy atom. The van der Waals surface area contributed by atoms with E-state index in [0.29, 0.717) is 9.63 Å². The zero-order valence-corrected chi connectivity index (χ0v) is 9.22. The number of carbonyl (C=O) groups is 1. The molecule has 5 heteroatoms. The van der Waals surface area contributed by atoms with Crippen LogP contribution in [-0.2, 0) is 16.0 Å². The molecule has 0 saturated heterocycles. The number of nitrogens with zero attached hydrogens (tertiary/aromatic N) is 1. The number of halogens is 2. The molecule has 1 aromatic rings. The summed E-state index contributed by atoms with van der Waals surface area (Å²) in [6, 6.07) is 1.74. The molecule has 70 valence electrons. The van der Waals surface area contributed by atoms with Crippen LogP contribution in [-0.4, -0.2) is 18.1 Å². The van der Waals surface area contributed by atoms with Crippen molar-refractivity contribution in [2.45, 2.75) is 6.42 Å². The summed E-state index contributed by atoms with van der Waals surface area (Å²) in [6.45, 7) is 0. The van der Waals surface area contributed by atoms with Gasteiger partial charge in [0.05, 0.1) is 18.0 Å². The van der Waals surface area contributed by atoms with E-state index in [9.17, 15) is 4.79 Å². The molecule has 13 heavy (non-hydrogen) atoms. The van der Waals surface area contributed by atoms with Gasteiger partial charge in [-0.25, -0.2) is 4.98 Å². The van der Waals surface area contributed by atoms with Crippen LogP contribution in [0.5, 0.6) is 0 Å². The Balaban J connectivity index is 2.79. The lowest BCUT2D eigenvalue weighted by molar-refractivity contribution is -0.139. The Morgan fingerprint density at radius 1 is 1.77 bits per heavy atom. The summed E-state index contributed by atoms with van der Waals surface area (Å²) in [7, 11) is 1.35. The van der Waals surface area contributed by atoms with Gasteiger partial charge in [-0.2, -0.15) is 0 Å². The lowest BCUT2D eigenvalue weighted by Gasteiger charge is -2.00. The first kappa shape index (κ1) is 10.5. The highest BCUT2D eigenvalue weighted by atomic mass is 79.9. The number of pyridine rings is 1.